The fourth-order valence-electron chi connectivity index (χ4n) is 1.18. The zero-order chi connectivity index (χ0) is 11.4. The molecule has 0 heterocycles. The van der Waals surface area contributed by atoms with Crippen LogP contribution in [0.3, 0.4) is 0 Å². The molecule has 1 aromatic rings. The highest BCUT2D eigenvalue weighted by Gasteiger charge is 2.11. The van der Waals surface area contributed by atoms with E-state index in [-0.39, 0.29) is 12.5 Å². The summed E-state index contributed by atoms with van der Waals surface area (Å²) in [7, 11) is 1.59. The molecule has 0 spiro atoms. The summed E-state index contributed by atoms with van der Waals surface area (Å²) in [5, 5.41) is 9.10. The Bertz CT molecular complexity index is 423. The van der Waals surface area contributed by atoms with Gasteiger partial charge in [-0.2, -0.15) is 5.26 Å². The van der Waals surface area contributed by atoms with Crippen molar-refractivity contribution in [3.05, 3.63) is 34.3 Å². The normalized spacial score (nSPS) is 9.47. The quantitative estimate of drug-likeness (QED) is 0.721. The maximum atomic E-state index is 11.7. The van der Waals surface area contributed by atoms with Gasteiger partial charge in [-0.25, -0.2) is 0 Å². The highest BCUT2D eigenvalue weighted by molar-refractivity contribution is 6.31. The Balaban J connectivity index is 2.93. The number of nitrogens with zero attached hydrogens (tertiary/aromatic N) is 2. The molecule has 1 aromatic carbocycles. The summed E-state index contributed by atoms with van der Waals surface area (Å²) in [6.45, 7) is 1.92. The van der Waals surface area contributed by atoms with Crippen LogP contribution in [0.5, 0.6) is 0 Å². The van der Waals surface area contributed by atoms with E-state index in [0.29, 0.717) is 10.6 Å². The van der Waals surface area contributed by atoms with Crippen LogP contribution in [0.15, 0.2) is 18.2 Å². The van der Waals surface area contributed by atoms with Crippen LogP contribution in [0.4, 0.5) is 0 Å². The molecule has 0 unspecified atom stereocenters. The van der Waals surface area contributed by atoms with E-state index in [1.54, 1.807) is 25.2 Å². The molecule has 1 rings (SSSR count). The van der Waals surface area contributed by atoms with E-state index in [2.05, 4.69) is 0 Å². The number of carbonyl (C=O) groups excluding carboxylic acids is 1. The molecule has 0 aliphatic carbocycles. The van der Waals surface area contributed by atoms with Gasteiger partial charge in [0.2, 0.25) is 0 Å². The van der Waals surface area contributed by atoms with E-state index in [1.165, 1.54) is 4.90 Å². The minimum atomic E-state index is -0.170. The maximum Gasteiger partial charge on any atom is 0.254 e. The second-order valence-electron chi connectivity index (χ2n) is 3.28. The molecule has 0 saturated carbocycles. The average molecular weight is 223 g/mol. The van der Waals surface area contributed by atoms with Gasteiger partial charge in [-0.3, -0.25) is 4.79 Å². The second-order valence-corrected chi connectivity index (χ2v) is 3.69. The van der Waals surface area contributed by atoms with Crippen LogP contribution in [0.1, 0.15) is 15.9 Å². The molecule has 0 aromatic heterocycles. The molecular formula is C11H11ClN2O. The lowest BCUT2D eigenvalue weighted by Crippen LogP contribution is -2.26. The lowest BCUT2D eigenvalue weighted by atomic mass is 10.1. The van der Waals surface area contributed by atoms with Gasteiger partial charge in [-0.05, 0) is 30.7 Å². The smallest absolute Gasteiger partial charge is 0.254 e. The Morgan fingerprint density at radius 1 is 1.60 bits per heavy atom. The van der Waals surface area contributed by atoms with Crippen LogP contribution in [-0.4, -0.2) is 24.4 Å². The maximum absolute atomic E-state index is 11.7. The number of halogens is 1. The molecule has 0 N–H and O–H groups in total. The first kappa shape index (κ1) is 11.5. The Morgan fingerprint density at radius 3 is 2.80 bits per heavy atom. The van der Waals surface area contributed by atoms with Crippen LogP contribution in [0, 0.1) is 18.3 Å². The van der Waals surface area contributed by atoms with Crippen molar-refractivity contribution in [3.63, 3.8) is 0 Å². The molecule has 0 atom stereocenters. The first-order valence-electron chi connectivity index (χ1n) is 4.45. The molecule has 0 fully saturated rings. The van der Waals surface area contributed by atoms with Gasteiger partial charge in [0.1, 0.15) is 6.54 Å². The standard InChI is InChI=1S/C11H11ClN2O/c1-8-7-9(3-4-10(8)12)11(15)14(2)6-5-13/h3-4,7H,6H2,1-2H3. The molecule has 4 heteroatoms. The molecule has 3 nitrogen and oxygen atoms in total. The van der Waals surface area contributed by atoms with Gasteiger partial charge in [-0.1, -0.05) is 11.6 Å². The van der Waals surface area contributed by atoms with Crippen molar-refractivity contribution in [2.24, 2.45) is 0 Å². The number of rotatable bonds is 2. The first-order chi connectivity index (χ1) is 7.06. The molecule has 0 aliphatic heterocycles. The van der Waals surface area contributed by atoms with E-state index >= 15 is 0 Å². The fourth-order valence-corrected chi connectivity index (χ4v) is 1.29. The SMILES string of the molecule is Cc1cc(C(=O)N(C)CC#N)ccc1Cl. The van der Waals surface area contributed by atoms with Crippen molar-refractivity contribution in [3.8, 4) is 6.07 Å². The predicted octanol–water partition coefficient (Wildman–Crippen LogP) is 2.24. The lowest BCUT2D eigenvalue weighted by Gasteiger charge is -2.13. The highest BCUT2D eigenvalue weighted by Crippen LogP contribution is 2.17. The van der Waals surface area contributed by atoms with Crippen LogP contribution < -0.4 is 0 Å². The number of hydrogen-bond donors (Lipinski definition) is 0. The third-order valence-corrected chi connectivity index (χ3v) is 2.48. The van der Waals surface area contributed by atoms with Gasteiger partial charge in [0.15, 0.2) is 0 Å². The fraction of sp³-hybridized carbons (Fsp3) is 0.273. The van der Waals surface area contributed by atoms with Crippen LogP contribution >= 0.6 is 11.6 Å². The first-order valence-corrected chi connectivity index (χ1v) is 4.82. The van der Waals surface area contributed by atoms with Crippen molar-refractivity contribution in [1.82, 2.24) is 4.90 Å². The van der Waals surface area contributed by atoms with Gasteiger partial charge < -0.3 is 4.90 Å². The van der Waals surface area contributed by atoms with E-state index in [9.17, 15) is 4.79 Å². The summed E-state index contributed by atoms with van der Waals surface area (Å²) in [4.78, 5) is 13.1. The summed E-state index contributed by atoms with van der Waals surface area (Å²) in [6.07, 6.45) is 0. The average Bonchev–Trinajstić information content (AvgIpc) is 2.21. The Kier molecular flexibility index (Phi) is 3.70. The highest BCUT2D eigenvalue weighted by atomic mass is 35.5. The summed E-state index contributed by atoms with van der Waals surface area (Å²) >= 11 is 5.85. The topological polar surface area (TPSA) is 44.1 Å². The summed E-state index contributed by atoms with van der Waals surface area (Å²) in [5.74, 6) is -0.170. The van der Waals surface area contributed by atoms with Crippen LogP contribution in [-0.2, 0) is 0 Å². The minimum Gasteiger partial charge on any atom is -0.328 e. The zero-order valence-corrected chi connectivity index (χ0v) is 9.38. The monoisotopic (exact) mass is 222 g/mol. The van der Waals surface area contributed by atoms with Gasteiger partial charge in [0.05, 0.1) is 6.07 Å². The Morgan fingerprint density at radius 2 is 2.27 bits per heavy atom. The zero-order valence-electron chi connectivity index (χ0n) is 8.62. The van der Waals surface area contributed by atoms with E-state index in [4.69, 9.17) is 16.9 Å². The van der Waals surface area contributed by atoms with Crippen molar-refractivity contribution >= 4 is 17.5 Å². The second kappa shape index (κ2) is 4.81. The Labute approximate surface area is 93.9 Å². The number of benzene rings is 1. The molecule has 0 radical (unpaired) electrons. The largest absolute Gasteiger partial charge is 0.328 e. The minimum absolute atomic E-state index is 0.0838. The van der Waals surface area contributed by atoms with Crippen molar-refractivity contribution in [2.75, 3.05) is 13.6 Å². The number of nitriles is 1. The van der Waals surface area contributed by atoms with Gasteiger partial charge in [0, 0.05) is 17.6 Å². The van der Waals surface area contributed by atoms with E-state index < -0.39 is 0 Å². The van der Waals surface area contributed by atoms with Gasteiger partial charge in [0.25, 0.3) is 5.91 Å². The summed E-state index contributed by atoms with van der Waals surface area (Å²) < 4.78 is 0. The van der Waals surface area contributed by atoms with Crippen molar-refractivity contribution in [1.29, 1.82) is 5.26 Å². The molecule has 0 saturated heterocycles. The molecular weight excluding hydrogens is 212 g/mol. The Hall–Kier alpha value is -1.53. The molecule has 0 bridgehead atoms. The van der Waals surface area contributed by atoms with E-state index in [0.717, 1.165) is 5.56 Å². The third kappa shape index (κ3) is 2.71. The third-order valence-electron chi connectivity index (χ3n) is 2.06. The summed E-state index contributed by atoms with van der Waals surface area (Å²) in [5.41, 5.74) is 1.41. The summed E-state index contributed by atoms with van der Waals surface area (Å²) in [6, 6.07) is 6.99. The van der Waals surface area contributed by atoms with Gasteiger partial charge >= 0.3 is 0 Å². The molecule has 1 amide bonds. The predicted molar refractivity (Wildman–Crippen MR) is 58.8 cm³/mol. The number of amides is 1. The number of carbonyl (C=O) groups is 1. The van der Waals surface area contributed by atoms with Crippen molar-refractivity contribution < 1.29 is 4.79 Å². The van der Waals surface area contributed by atoms with Gasteiger partial charge in [-0.15, -0.1) is 0 Å². The molecule has 15 heavy (non-hydrogen) atoms. The van der Waals surface area contributed by atoms with Crippen LogP contribution in [0.25, 0.3) is 0 Å². The molecule has 78 valence electrons. The van der Waals surface area contributed by atoms with Crippen molar-refractivity contribution in [2.45, 2.75) is 6.92 Å². The molecule has 0 aliphatic rings. The van der Waals surface area contributed by atoms with E-state index in [1.807, 2.05) is 13.0 Å². The number of hydrogen-bond acceptors (Lipinski definition) is 2. The number of aryl methyl sites for hydroxylation is 1. The van der Waals surface area contributed by atoms with Crippen LogP contribution in [0.2, 0.25) is 5.02 Å². The lowest BCUT2D eigenvalue weighted by molar-refractivity contribution is 0.0812.